The Morgan fingerprint density at radius 1 is 1.05 bits per heavy atom. The highest BCUT2D eigenvalue weighted by atomic mass is 32.1. The Morgan fingerprint density at radius 3 is 2.14 bits per heavy atom. The van der Waals surface area contributed by atoms with E-state index < -0.39 is 5.60 Å². The molecule has 0 aromatic heterocycles. The second kappa shape index (κ2) is 5.27. The maximum Gasteiger partial charge on any atom is 0.293 e. The van der Waals surface area contributed by atoms with Crippen molar-refractivity contribution < 1.29 is 9.53 Å². The Bertz CT molecular complexity index is 675. The summed E-state index contributed by atoms with van der Waals surface area (Å²) in [6.07, 6.45) is 0.379. The van der Waals surface area contributed by atoms with E-state index in [9.17, 15) is 4.79 Å². The minimum Gasteiger partial charge on any atom is -0.448 e. The van der Waals surface area contributed by atoms with Gasteiger partial charge in [0, 0.05) is 12.0 Å². The van der Waals surface area contributed by atoms with Gasteiger partial charge in [-0.2, -0.15) is 0 Å². The van der Waals surface area contributed by atoms with E-state index in [2.05, 4.69) is 0 Å². The van der Waals surface area contributed by atoms with E-state index in [4.69, 9.17) is 22.8 Å². The summed E-state index contributed by atoms with van der Waals surface area (Å²) in [6.45, 7) is 0. The molecular weight excluding hydrogens is 284 g/mol. The van der Waals surface area contributed by atoms with Gasteiger partial charge in [-0.1, -0.05) is 60.7 Å². The number of nitrogens with two attached hydrogens (primary N) is 1. The molecule has 2 N–H and O–H groups in total. The van der Waals surface area contributed by atoms with Crippen molar-refractivity contribution in [2.45, 2.75) is 12.0 Å². The lowest BCUT2D eigenvalue weighted by molar-refractivity contribution is -0.137. The quantitative estimate of drug-likeness (QED) is 0.536. The first kappa shape index (κ1) is 13.7. The summed E-state index contributed by atoms with van der Waals surface area (Å²) < 4.78 is 5.75. The topological polar surface area (TPSA) is 55.6 Å². The molecule has 0 aliphatic carbocycles. The summed E-state index contributed by atoms with van der Waals surface area (Å²) in [4.78, 5) is 12.6. The van der Waals surface area contributed by atoms with E-state index in [1.54, 1.807) is 0 Å². The largest absolute Gasteiger partial charge is 0.448 e. The minimum atomic E-state index is -1.19. The molecule has 0 saturated carbocycles. The van der Waals surface area contributed by atoms with Gasteiger partial charge in [0.2, 0.25) is 5.60 Å². The zero-order chi connectivity index (χ0) is 14.9. The summed E-state index contributed by atoms with van der Waals surface area (Å²) in [5.41, 5.74) is 0.538. The summed E-state index contributed by atoms with van der Waals surface area (Å²) in [5.74, 6) is 5.36. The van der Waals surface area contributed by atoms with E-state index >= 15 is 0 Å². The van der Waals surface area contributed by atoms with E-state index in [0.29, 0.717) is 6.42 Å². The van der Waals surface area contributed by atoms with Crippen molar-refractivity contribution in [3.63, 3.8) is 0 Å². The van der Waals surface area contributed by atoms with Crippen LogP contribution in [0.5, 0.6) is 0 Å². The van der Waals surface area contributed by atoms with Gasteiger partial charge in [-0.05, 0) is 17.8 Å². The van der Waals surface area contributed by atoms with Crippen LogP contribution in [-0.2, 0) is 21.6 Å². The lowest BCUT2D eigenvalue weighted by atomic mass is 9.86. The van der Waals surface area contributed by atoms with Crippen LogP contribution in [0.2, 0.25) is 0 Å². The highest BCUT2D eigenvalue weighted by molar-refractivity contribution is 7.80. The number of benzene rings is 2. The first-order valence-corrected chi connectivity index (χ1v) is 6.96. The van der Waals surface area contributed by atoms with Gasteiger partial charge in [0.1, 0.15) is 0 Å². The van der Waals surface area contributed by atoms with Crippen LogP contribution in [0.1, 0.15) is 11.1 Å². The third kappa shape index (κ3) is 2.30. The van der Waals surface area contributed by atoms with E-state index in [1.165, 1.54) is 0 Å². The van der Waals surface area contributed by atoms with Gasteiger partial charge in [0.05, 0.1) is 0 Å². The number of hydrazine groups is 1. The Kier molecular flexibility index (Phi) is 3.45. The van der Waals surface area contributed by atoms with Crippen molar-refractivity contribution >= 4 is 23.3 Å². The standard InChI is InChI=1S/C16H14N2O2S/c17-18-14(19)16(20-15(18)21,13-9-5-2-6-10-13)11-12-7-3-1-4-8-12/h1-10H,11,17H2. The molecule has 2 aromatic rings. The van der Waals surface area contributed by atoms with Crippen LogP contribution in [-0.4, -0.2) is 16.1 Å². The third-order valence-electron chi connectivity index (χ3n) is 3.56. The Balaban J connectivity index is 2.08. The molecule has 0 spiro atoms. The highest BCUT2D eigenvalue weighted by Crippen LogP contribution is 2.36. The molecule has 1 heterocycles. The molecule has 1 saturated heterocycles. The van der Waals surface area contributed by atoms with Crippen LogP contribution in [0, 0.1) is 0 Å². The normalized spacial score (nSPS) is 21.5. The third-order valence-corrected chi connectivity index (χ3v) is 3.84. The van der Waals surface area contributed by atoms with E-state index in [0.717, 1.165) is 16.1 Å². The number of hydrogen-bond donors (Lipinski definition) is 1. The molecule has 1 fully saturated rings. The van der Waals surface area contributed by atoms with Gasteiger partial charge >= 0.3 is 0 Å². The average molecular weight is 298 g/mol. The fraction of sp³-hybridized carbons (Fsp3) is 0.125. The lowest BCUT2D eigenvalue weighted by Gasteiger charge is -2.25. The van der Waals surface area contributed by atoms with Gasteiger partial charge in [0.25, 0.3) is 11.1 Å². The van der Waals surface area contributed by atoms with E-state index in [-0.39, 0.29) is 11.1 Å². The molecule has 1 amide bonds. The molecule has 2 aromatic carbocycles. The second-order valence-corrected chi connectivity index (χ2v) is 5.25. The van der Waals surface area contributed by atoms with Crippen molar-refractivity contribution in [3.05, 3.63) is 71.8 Å². The SMILES string of the molecule is NN1C(=O)C(Cc2ccccc2)(c2ccccc2)OC1=S. The lowest BCUT2D eigenvalue weighted by Crippen LogP contribution is -2.43. The minimum absolute atomic E-state index is 0.000200. The molecule has 0 bridgehead atoms. The number of nitrogens with zero attached hydrogens (tertiary/aromatic N) is 1. The zero-order valence-corrected chi connectivity index (χ0v) is 12.0. The fourth-order valence-corrected chi connectivity index (χ4v) is 2.73. The van der Waals surface area contributed by atoms with Crippen molar-refractivity contribution in [1.82, 2.24) is 5.01 Å². The number of ether oxygens (including phenoxy) is 1. The van der Waals surface area contributed by atoms with Crippen LogP contribution in [0.15, 0.2) is 60.7 Å². The van der Waals surface area contributed by atoms with Gasteiger partial charge in [-0.3, -0.25) is 4.79 Å². The van der Waals surface area contributed by atoms with Gasteiger partial charge in [-0.25, -0.2) is 10.9 Å². The summed E-state index contributed by atoms with van der Waals surface area (Å²) >= 11 is 5.04. The molecule has 21 heavy (non-hydrogen) atoms. The summed E-state index contributed by atoms with van der Waals surface area (Å²) in [7, 11) is 0. The maximum absolute atomic E-state index is 12.6. The molecule has 3 rings (SSSR count). The molecule has 1 aliphatic rings. The molecule has 4 nitrogen and oxygen atoms in total. The summed E-state index contributed by atoms with van der Waals surface area (Å²) in [5, 5.41) is 0.908. The van der Waals surface area contributed by atoms with Crippen molar-refractivity contribution in [2.75, 3.05) is 0 Å². The number of thiocarbonyl (C=S) groups is 1. The van der Waals surface area contributed by atoms with Gasteiger partial charge in [0.15, 0.2) is 0 Å². The van der Waals surface area contributed by atoms with Crippen molar-refractivity contribution in [2.24, 2.45) is 5.84 Å². The fourth-order valence-electron chi connectivity index (χ4n) is 2.51. The van der Waals surface area contributed by atoms with Crippen molar-refractivity contribution in [1.29, 1.82) is 0 Å². The van der Waals surface area contributed by atoms with Gasteiger partial charge in [-0.15, -0.1) is 0 Å². The van der Waals surface area contributed by atoms with Crippen LogP contribution in [0.4, 0.5) is 0 Å². The number of carbonyl (C=O) groups excluding carboxylic acids is 1. The predicted octanol–water partition coefficient (Wildman–Crippen LogP) is 2.14. The molecule has 0 radical (unpaired) electrons. The molecule has 1 aliphatic heterocycles. The number of rotatable bonds is 3. The van der Waals surface area contributed by atoms with Crippen LogP contribution < -0.4 is 5.84 Å². The zero-order valence-electron chi connectivity index (χ0n) is 11.2. The first-order chi connectivity index (χ1) is 10.1. The van der Waals surface area contributed by atoms with Crippen LogP contribution in [0.25, 0.3) is 0 Å². The number of amides is 1. The predicted molar refractivity (Wildman–Crippen MR) is 83.0 cm³/mol. The Labute approximate surface area is 128 Å². The molecule has 5 heteroatoms. The Hall–Kier alpha value is -2.24. The first-order valence-electron chi connectivity index (χ1n) is 6.55. The molecule has 106 valence electrons. The van der Waals surface area contributed by atoms with Crippen LogP contribution in [0.3, 0.4) is 0 Å². The molecule has 1 unspecified atom stereocenters. The molecule has 1 atom stereocenters. The number of hydrogen-bond acceptors (Lipinski definition) is 4. The van der Waals surface area contributed by atoms with Crippen LogP contribution >= 0.6 is 12.2 Å². The monoisotopic (exact) mass is 298 g/mol. The van der Waals surface area contributed by atoms with Gasteiger partial charge < -0.3 is 4.74 Å². The number of carbonyl (C=O) groups is 1. The van der Waals surface area contributed by atoms with E-state index in [1.807, 2.05) is 60.7 Å². The summed E-state index contributed by atoms with van der Waals surface area (Å²) in [6, 6.07) is 19.0. The Morgan fingerprint density at radius 2 is 1.62 bits per heavy atom. The highest BCUT2D eigenvalue weighted by Gasteiger charge is 2.52. The smallest absolute Gasteiger partial charge is 0.293 e. The maximum atomic E-state index is 12.6. The van der Waals surface area contributed by atoms with Crippen molar-refractivity contribution in [3.8, 4) is 0 Å². The second-order valence-electron chi connectivity index (χ2n) is 4.90. The molecular formula is C16H14N2O2S. The average Bonchev–Trinajstić information content (AvgIpc) is 2.74.